The molecule has 0 bridgehead atoms. The largest absolute Gasteiger partial charge is 2.00 e. The average molecular weight is 694 g/mol. The number of pyridine rings is 2. The number of hydrogen-bond acceptors (Lipinski definition) is 3. The van der Waals surface area contributed by atoms with Gasteiger partial charge in [0.2, 0.25) is 5.88 Å². The number of hydrogen-bond donors (Lipinski definition) is 0. The van der Waals surface area contributed by atoms with Crippen molar-refractivity contribution < 1.29 is 25.8 Å². The summed E-state index contributed by atoms with van der Waals surface area (Å²) >= 11 is 0. The first-order valence-electron chi connectivity index (χ1n) is 12.4. The van der Waals surface area contributed by atoms with Crippen molar-refractivity contribution >= 4 is 28.5 Å². The van der Waals surface area contributed by atoms with Crippen LogP contribution in [0.1, 0.15) is 31.9 Å². The van der Waals surface area contributed by atoms with Crippen molar-refractivity contribution in [3.63, 3.8) is 0 Å². The van der Waals surface area contributed by atoms with Crippen LogP contribution in [-0.4, -0.2) is 9.97 Å². The van der Waals surface area contributed by atoms with Crippen LogP contribution in [-0.2, 0) is 26.5 Å². The fourth-order valence-electron chi connectivity index (χ4n) is 4.64. The number of fused-ring (bicyclic) bond motifs is 3. The van der Waals surface area contributed by atoms with E-state index in [0.29, 0.717) is 11.6 Å². The van der Waals surface area contributed by atoms with Gasteiger partial charge >= 0.3 is 21.1 Å². The first kappa shape index (κ1) is 26.4. The van der Waals surface area contributed by atoms with Crippen molar-refractivity contribution in [3.05, 3.63) is 115 Å². The summed E-state index contributed by atoms with van der Waals surface area (Å²) in [6, 6.07) is 34.5. The molecule has 0 N–H and O–H groups in total. The Morgan fingerprint density at radius 2 is 1.55 bits per heavy atom. The number of aryl methyl sites for hydroxylation is 1. The van der Waals surface area contributed by atoms with Gasteiger partial charge in [0.1, 0.15) is 0 Å². The Labute approximate surface area is 239 Å². The molecule has 3 heterocycles. The molecule has 0 aliphatic carbocycles. The van der Waals surface area contributed by atoms with Crippen LogP contribution in [0, 0.1) is 19.1 Å². The third kappa shape index (κ3) is 5.06. The Morgan fingerprint density at radius 1 is 0.763 bits per heavy atom. The summed E-state index contributed by atoms with van der Waals surface area (Å²) in [6.45, 7) is 8.77. The van der Waals surface area contributed by atoms with Crippen LogP contribution in [0.15, 0.2) is 91.3 Å². The molecule has 3 aromatic heterocycles. The zero-order valence-electron chi connectivity index (χ0n) is 21.7. The Hall–Kier alpha value is -3.25. The Balaban J connectivity index is 0.00000294. The maximum Gasteiger partial charge on any atom is 2.00 e. The Kier molecular flexibility index (Phi) is 7.27. The van der Waals surface area contributed by atoms with Gasteiger partial charge in [0.15, 0.2) is 0 Å². The van der Waals surface area contributed by atoms with Crippen molar-refractivity contribution in [1.82, 2.24) is 9.97 Å². The second kappa shape index (κ2) is 10.5. The van der Waals surface area contributed by atoms with Crippen LogP contribution in [0.2, 0.25) is 0 Å². The number of nitrogens with zero attached hydrogens (tertiary/aromatic N) is 2. The molecule has 1 atom stereocenters. The summed E-state index contributed by atoms with van der Waals surface area (Å²) < 4.78 is 6.01. The number of benzene rings is 3. The summed E-state index contributed by atoms with van der Waals surface area (Å²) in [5.41, 5.74) is 5.51. The zero-order chi connectivity index (χ0) is 25.6. The van der Waals surface area contributed by atoms with Crippen molar-refractivity contribution in [2.75, 3.05) is 0 Å². The number of ether oxygens (including phenoxy) is 1. The number of rotatable bonds is 4. The zero-order valence-corrected chi connectivity index (χ0v) is 24.9. The van der Waals surface area contributed by atoms with Crippen LogP contribution in [0.4, 0.5) is 0 Å². The van der Waals surface area contributed by atoms with E-state index in [2.05, 4.69) is 92.5 Å². The normalized spacial score (nSPS) is 11.9. The topological polar surface area (TPSA) is 35.0 Å². The monoisotopic (exact) mass is 693 g/mol. The van der Waals surface area contributed by atoms with Gasteiger partial charge in [-0.2, -0.15) is 24.3 Å². The van der Waals surface area contributed by atoms with Crippen molar-refractivity contribution in [3.8, 4) is 28.2 Å². The van der Waals surface area contributed by atoms with E-state index in [0.717, 1.165) is 22.1 Å². The van der Waals surface area contributed by atoms with Crippen LogP contribution >= 0.6 is 7.53 Å². The summed E-state index contributed by atoms with van der Waals surface area (Å²) in [7, 11) is -0.815. The molecule has 6 rings (SSSR count). The van der Waals surface area contributed by atoms with E-state index in [1.54, 1.807) is 6.20 Å². The van der Waals surface area contributed by atoms with Crippen LogP contribution in [0.5, 0.6) is 11.6 Å². The smallest absolute Gasteiger partial charge is 0.460 e. The van der Waals surface area contributed by atoms with Crippen LogP contribution in [0.3, 0.4) is 0 Å². The van der Waals surface area contributed by atoms with Gasteiger partial charge in [-0.05, 0) is 52.2 Å². The van der Waals surface area contributed by atoms with Gasteiger partial charge < -0.3 is 4.74 Å². The second-order valence-electron chi connectivity index (χ2n) is 10.3. The predicted molar refractivity (Wildman–Crippen MR) is 154 cm³/mol. The van der Waals surface area contributed by atoms with Crippen LogP contribution in [0.25, 0.3) is 37.6 Å². The maximum atomic E-state index is 6.01. The summed E-state index contributed by atoms with van der Waals surface area (Å²) in [6.07, 6.45) is 3.71. The van der Waals surface area contributed by atoms with Crippen LogP contribution < -0.4 is 4.74 Å². The number of aromatic nitrogens is 2. The molecule has 0 spiro atoms. The standard InChI is InChI=1S/C33H27N2OP.Pt/c1-22-14-16-34-31(18-22)36-26-9-7-8-23(19-26)24-12-13-28-27-10-5-6-11-29(27)37(30(28)20-24)32-21-25(15-17-35-32)33(2,3)4;/h5-18,21H,1-4H3;/q-2;+2. The average Bonchev–Trinajstić information content (AvgIpc) is 3.22. The first-order chi connectivity index (χ1) is 17.9. The fraction of sp³-hybridized carbons (Fsp3) is 0.152. The summed E-state index contributed by atoms with van der Waals surface area (Å²) in [5.74, 6) is 1.20. The predicted octanol–water partition coefficient (Wildman–Crippen LogP) is 9.42. The Morgan fingerprint density at radius 3 is 2.37 bits per heavy atom. The molecule has 38 heavy (non-hydrogen) atoms. The summed E-state index contributed by atoms with van der Waals surface area (Å²) in [5, 5.41) is 5.07. The third-order valence-electron chi connectivity index (χ3n) is 6.59. The van der Waals surface area contributed by atoms with E-state index in [1.807, 2.05) is 37.4 Å². The minimum absolute atomic E-state index is 0. The van der Waals surface area contributed by atoms with Gasteiger partial charge in [0.25, 0.3) is 0 Å². The molecule has 190 valence electrons. The molecule has 6 aromatic rings. The SMILES string of the molecule is Cc1ccnc(Oc2[c-]c(-c3[c-]c4c(cc3)c3ccccc3p4-c3cc(C(C)(C)C)ccn3)ccc2)c1.[Pt+2]. The molecule has 3 aromatic carbocycles. The minimum atomic E-state index is -0.815. The molecule has 0 aliphatic rings. The molecule has 5 heteroatoms. The molecule has 0 aliphatic heterocycles. The quantitative estimate of drug-likeness (QED) is 0.173. The fourth-order valence-corrected chi connectivity index (χ4v) is 7.14. The molecule has 0 amide bonds. The summed E-state index contributed by atoms with van der Waals surface area (Å²) in [4.78, 5) is 9.20. The maximum absolute atomic E-state index is 6.01. The molecule has 3 nitrogen and oxygen atoms in total. The molecular weight excluding hydrogens is 666 g/mol. The van der Waals surface area contributed by atoms with Gasteiger partial charge in [0.05, 0.1) is 5.44 Å². The van der Waals surface area contributed by atoms with E-state index in [-0.39, 0.29) is 26.5 Å². The van der Waals surface area contributed by atoms with E-state index in [9.17, 15) is 0 Å². The van der Waals surface area contributed by atoms with Gasteiger partial charge in [-0.25, -0.2) is 16.1 Å². The molecule has 0 saturated heterocycles. The van der Waals surface area contributed by atoms with E-state index in [1.165, 1.54) is 26.6 Å². The molecule has 1 unspecified atom stereocenters. The van der Waals surface area contributed by atoms with Crippen molar-refractivity contribution in [2.24, 2.45) is 0 Å². The molecule has 0 saturated carbocycles. The van der Waals surface area contributed by atoms with Crippen molar-refractivity contribution in [2.45, 2.75) is 33.1 Å². The second-order valence-corrected chi connectivity index (χ2v) is 12.4. The first-order valence-corrected chi connectivity index (χ1v) is 13.8. The molecular formula is C33H27N2OPPt. The van der Waals surface area contributed by atoms with E-state index < -0.39 is 7.53 Å². The molecule has 0 radical (unpaired) electrons. The Bertz CT molecular complexity index is 1770. The minimum Gasteiger partial charge on any atom is -0.460 e. The third-order valence-corrected chi connectivity index (χ3v) is 8.96. The van der Waals surface area contributed by atoms with E-state index >= 15 is 0 Å². The van der Waals surface area contributed by atoms with E-state index in [4.69, 9.17) is 9.72 Å². The molecule has 0 fully saturated rings. The van der Waals surface area contributed by atoms with Gasteiger partial charge in [-0.1, -0.05) is 63.1 Å². The van der Waals surface area contributed by atoms with Crippen molar-refractivity contribution in [1.29, 1.82) is 0 Å². The van der Waals surface area contributed by atoms with Gasteiger partial charge in [-0.3, -0.25) is 4.98 Å². The van der Waals surface area contributed by atoms with Gasteiger partial charge in [-0.15, -0.1) is 18.2 Å². The van der Waals surface area contributed by atoms with Gasteiger partial charge in [0, 0.05) is 24.2 Å².